The molecule has 7 heteroatoms. The van der Waals surface area contributed by atoms with Crippen molar-refractivity contribution in [1.29, 1.82) is 0 Å². The first-order chi connectivity index (χ1) is 11.6. The van der Waals surface area contributed by atoms with Crippen LogP contribution in [0.2, 0.25) is 0 Å². The average Bonchev–Trinajstić information content (AvgIpc) is 2.91. The van der Waals surface area contributed by atoms with E-state index in [2.05, 4.69) is 5.10 Å². The normalized spacial score (nSPS) is 20.9. The van der Waals surface area contributed by atoms with Crippen LogP contribution in [-0.4, -0.2) is 29.2 Å². The minimum Gasteiger partial charge on any atom is -0.302 e. The zero-order valence-electron chi connectivity index (χ0n) is 14.8. The van der Waals surface area contributed by atoms with Crippen LogP contribution in [0.5, 0.6) is 0 Å². The lowest BCUT2D eigenvalue weighted by atomic mass is 9.77. The molecule has 3 rings (SSSR count). The number of aromatic amines is 1. The number of aromatic nitrogens is 2. The van der Waals surface area contributed by atoms with Crippen LogP contribution in [0.25, 0.3) is 0 Å². The van der Waals surface area contributed by atoms with Gasteiger partial charge in [0.15, 0.2) is 15.6 Å². The molecule has 1 unspecified atom stereocenters. The maximum Gasteiger partial charge on any atom is 0.277 e. The van der Waals surface area contributed by atoms with Gasteiger partial charge in [0, 0.05) is 12.7 Å². The number of hydrogen-bond donors (Lipinski definition) is 1. The summed E-state index contributed by atoms with van der Waals surface area (Å²) in [7, 11) is -3.85. The van der Waals surface area contributed by atoms with Crippen molar-refractivity contribution in [2.24, 2.45) is 0 Å². The first-order valence-electron chi connectivity index (χ1n) is 8.27. The van der Waals surface area contributed by atoms with Crippen LogP contribution < -0.4 is 5.56 Å². The highest BCUT2D eigenvalue weighted by atomic mass is 32.2. The Morgan fingerprint density at radius 1 is 1.36 bits per heavy atom. The van der Waals surface area contributed by atoms with E-state index in [9.17, 15) is 18.0 Å². The number of sulfone groups is 1. The third kappa shape index (κ3) is 2.57. The van der Waals surface area contributed by atoms with Crippen LogP contribution in [-0.2, 0) is 21.8 Å². The van der Waals surface area contributed by atoms with E-state index in [0.29, 0.717) is 6.54 Å². The van der Waals surface area contributed by atoms with E-state index in [1.165, 1.54) is 10.9 Å². The van der Waals surface area contributed by atoms with E-state index < -0.39 is 31.8 Å². The Morgan fingerprint density at radius 3 is 2.64 bits per heavy atom. The van der Waals surface area contributed by atoms with Gasteiger partial charge in [-0.05, 0) is 42.9 Å². The van der Waals surface area contributed by atoms with Gasteiger partial charge in [0.25, 0.3) is 5.56 Å². The topological polar surface area (TPSA) is 89.0 Å². The number of rotatable bonds is 3. The number of benzene rings is 1. The zero-order chi connectivity index (χ0) is 18.6. The molecule has 1 aliphatic heterocycles. The van der Waals surface area contributed by atoms with Crippen molar-refractivity contribution in [2.75, 3.05) is 0 Å². The van der Waals surface area contributed by atoms with Gasteiger partial charge < -0.3 is 5.10 Å². The number of ketones is 1. The first-order valence-corrected chi connectivity index (χ1v) is 9.82. The molecule has 0 amide bonds. The van der Waals surface area contributed by atoms with Crippen molar-refractivity contribution in [3.63, 3.8) is 0 Å². The van der Waals surface area contributed by atoms with E-state index in [1.807, 2.05) is 26.8 Å². The fourth-order valence-corrected chi connectivity index (χ4v) is 6.14. The minimum atomic E-state index is -3.85. The summed E-state index contributed by atoms with van der Waals surface area (Å²) in [5, 5.41) is 1.46. The molecule has 2 aromatic rings. The van der Waals surface area contributed by atoms with Gasteiger partial charge >= 0.3 is 0 Å². The molecule has 0 saturated carbocycles. The Kier molecular flexibility index (Phi) is 4.02. The standard InChI is InChI=1S/C18H22N2O4S/c1-5-20-17(22)12(10-19-20)16(21)14-9-18(3,4)15-11(2)7-6-8-13(15)25(14,23)24/h6-8,10,14,19H,5,9H2,1-4H3. The highest BCUT2D eigenvalue weighted by molar-refractivity contribution is 7.93. The van der Waals surface area contributed by atoms with Crippen molar-refractivity contribution in [3.05, 3.63) is 51.4 Å². The van der Waals surface area contributed by atoms with Crippen LogP contribution in [0.4, 0.5) is 0 Å². The van der Waals surface area contributed by atoms with E-state index >= 15 is 0 Å². The summed E-state index contributed by atoms with van der Waals surface area (Å²) in [6, 6.07) is 5.12. The van der Waals surface area contributed by atoms with E-state index in [0.717, 1.165) is 11.1 Å². The lowest BCUT2D eigenvalue weighted by molar-refractivity contribution is 0.0973. The monoisotopic (exact) mass is 362 g/mol. The van der Waals surface area contributed by atoms with Gasteiger partial charge in [0.05, 0.1) is 4.90 Å². The predicted molar refractivity (Wildman–Crippen MR) is 94.9 cm³/mol. The molecule has 0 fully saturated rings. The van der Waals surface area contributed by atoms with Crippen molar-refractivity contribution < 1.29 is 13.2 Å². The molecular weight excluding hydrogens is 340 g/mol. The van der Waals surface area contributed by atoms with Crippen molar-refractivity contribution in [1.82, 2.24) is 9.78 Å². The Morgan fingerprint density at radius 2 is 2.04 bits per heavy atom. The van der Waals surface area contributed by atoms with Crippen molar-refractivity contribution in [2.45, 2.75) is 56.2 Å². The summed E-state index contributed by atoms with van der Waals surface area (Å²) >= 11 is 0. The largest absolute Gasteiger partial charge is 0.302 e. The quantitative estimate of drug-likeness (QED) is 0.848. The maximum absolute atomic E-state index is 13.1. The molecule has 1 N–H and O–H groups in total. The fourth-order valence-electron chi connectivity index (χ4n) is 3.80. The van der Waals surface area contributed by atoms with Crippen molar-refractivity contribution in [3.8, 4) is 0 Å². The second kappa shape index (κ2) is 5.69. The van der Waals surface area contributed by atoms with Gasteiger partial charge in [-0.25, -0.2) is 8.42 Å². The molecule has 0 aliphatic carbocycles. The highest BCUT2D eigenvalue weighted by Crippen LogP contribution is 2.43. The van der Waals surface area contributed by atoms with Crippen LogP contribution in [0.1, 0.15) is 48.7 Å². The third-order valence-electron chi connectivity index (χ3n) is 5.00. The maximum atomic E-state index is 13.1. The average molecular weight is 362 g/mol. The van der Waals surface area contributed by atoms with Gasteiger partial charge in [-0.15, -0.1) is 0 Å². The van der Waals surface area contributed by atoms with Crippen LogP contribution in [0.3, 0.4) is 0 Å². The van der Waals surface area contributed by atoms with E-state index in [-0.39, 0.29) is 16.9 Å². The summed E-state index contributed by atoms with van der Waals surface area (Å²) in [6.07, 6.45) is 1.46. The smallest absolute Gasteiger partial charge is 0.277 e. The second-order valence-electron chi connectivity index (χ2n) is 7.17. The molecule has 1 atom stereocenters. The molecular formula is C18H22N2O4S. The Bertz CT molecular complexity index is 1010. The molecule has 0 bridgehead atoms. The molecule has 6 nitrogen and oxygen atoms in total. The summed E-state index contributed by atoms with van der Waals surface area (Å²) in [5.74, 6) is -0.631. The number of nitrogens with zero attached hydrogens (tertiary/aromatic N) is 1. The molecule has 2 heterocycles. The Labute approximate surface area is 146 Å². The van der Waals surface area contributed by atoms with Gasteiger partial charge in [-0.1, -0.05) is 26.0 Å². The molecule has 0 radical (unpaired) electrons. The molecule has 134 valence electrons. The molecule has 1 aromatic carbocycles. The summed E-state index contributed by atoms with van der Waals surface area (Å²) in [6.45, 7) is 7.91. The number of Topliss-reactive ketones (excluding diaryl/α,β-unsaturated/α-hetero) is 1. The molecule has 1 aromatic heterocycles. The van der Waals surface area contributed by atoms with Crippen LogP contribution >= 0.6 is 0 Å². The molecule has 25 heavy (non-hydrogen) atoms. The third-order valence-corrected chi connectivity index (χ3v) is 7.09. The van der Waals surface area contributed by atoms with Gasteiger partial charge in [0.1, 0.15) is 10.8 Å². The first kappa shape index (κ1) is 17.7. The number of aryl methyl sites for hydroxylation is 2. The van der Waals surface area contributed by atoms with E-state index in [1.54, 1.807) is 19.1 Å². The van der Waals surface area contributed by atoms with Gasteiger partial charge in [-0.2, -0.15) is 0 Å². The second-order valence-corrected chi connectivity index (χ2v) is 9.27. The Balaban J connectivity index is 2.17. The van der Waals surface area contributed by atoms with Crippen LogP contribution in [0, 0.1) is 6.92 Å². The number of fused-ring (bicyclic) bond motifs is 1. The van der Waals surface area contributed by atoms with Gasteiger partial charge in [-0.3, -0.25) is 14.3 Å². The molecule has 0 spiro atoms. The van der Waals surface area contributed by atoms with Crippen molar-refractivity contribution >= 4 is 15.6 Å². The summed E-state index contributed by atoms with van der Waals surface area (Å²) < 4.78 is 27.5. The number of nitrogens with one attached hydrogen (secondary N) is 1. The van der Waals surface area contributed by atoms with Gasteiger partial charge in [0.2, 0.25) is 0 Å². The fraction of sp³-hybridized carbons (Fsp3) is 0.444. The highest BCUT2D eigenvalue weighted by Gasteiger charge is 2.47. The van der Waals surface area contributed by atoms with Crippen LogP contribution in [0.15, 0.2) is 34.1 Å². The zero-order valence-corrected chi connectivity index (χ0v) is 15.6. The number of hydrogen-bond acceptors (Lipinski definition) is 4. The lowest BCUT2D eigenvalue weighted by Crippen LogP contribution is -2.43. The minimum absolute atomic E-state index is 0.0951. The molecule has 0 saturated heterocycles. The molecule has 1 aliphatic rings. The number of carbonyl (C=O) groups is 1. The van der Waals surface area contributed by atoms with E-state index in [4.69, 9.17) is 0 Å². The predicted octanol–water partition coefficient (Wildman–Crippen LogP) is 2.21. The Hall–Kier alpha value is -2.15. The summed E-state index contributed by atoms with van der Waals surface area (Å²) in [4.78, 5) is 25.4. The lowest BCUT2D eigenvalue weighted by Gasteiger charge is -2.37. The number of H-pyrrole nitrogens is 1. The number of carbonyl (C=O) groups excluding carboxylic acids is 1. The summed E-state index contributed by atoms with van der Waals surface area (Å²) in [5.41, 5.74) is 0.607. The SMILES string of the molecule is CCn1[nH]cc(C(=O)C2CC(C)(C)c3c(C)cccc3S2(=O)=O)c1=O.